The van der Waals surface area contributed by atoms with Crippen molar-refractivity contribution in [3.8, 4) is 0 Å². The third-order valence-electron chi connectivity index (χ3n) is 3.53. The van der Waals surface area contributed by atoms with Crippen LogP contribution in [0.4, 0.5) is 9.59 Å². The quantitative estimate of drug-likeness (QED) is 0.798. The number of benzene rings is 1. The smallest absolute Gasteiger partial charge is 0.435 e. The summed E-state index contributed by atoms with van der Waals surface area (Å²) >= 11 is 0. The van der Waals surface area contributed by atoms with Crippen molar-refractivity contribution in [2.24, 2.45) is 0 Å². The van der Waals surface area contributed by atoms with Crippen LogP contribution in [0.15, 0.2) is 30.3 Å². The van der Waals surface area contributed by atoms with E-state index in [0.29, 0.717) is 6.42 Å². The summed E-state index contributed by atoms with van der Waals surface area (Å²) in [5.41, 5.74) is 0.154. The van der Waals surface area contributed by atoms with E-state index < -0.39 is 22.3 Å². The number of nitrogens with zero attached hydrogens (tertiary/aromatic N) is 1. The molecule has 20 heavy (non-hydrogen) atoms. The summed E-state index contributed by atoms with van der Waals surface area (Å²) in [6.07, 6.45) is -1.18. The predicted molar refractivity (Wildman–Crippen MR) is 73.2 cm³/mol. The van der Waals surface area contributed by atoms with Crippen LogP contribution in [-0.2, 0) is 4.74 Å². The van der Waals surface area contributed by atoms with Crippen LogP contribution in [-0.4, -0.2) is 33.9 Å². The molecule has 0 saturated carbocycles. The lowest BCUT2D eigenvalue weighted by atomic mass is 9.91. The molecule has 0 aromatic heterocycles. The maximum Gasteiger partial charge on any atom is 0.527 e. The van der Waals surface area contributed by atoms with E-state index in [2.05, 4.69) is 0 Å². The van der Waals surface area contributed by atoms with Gasteiger partial charge in [0.05, 0.1) is 6.42 Å². The highest BCUT2D eigenvalue weighted by Gasteiger charge is 2.62. The fourth-order valence-corrected chi connectivity index (χ4v) is 2.48. The Labute approximate surface area is 118 Å². The Morgan fingerprint density at radius 2 is 1.85 bits per heavy atom. The summed E-state index contributed by atoms with van der Waals surface area (Å²) in [5.74, 6) is 0. The molecule has 1 heterocycles. The molecule has 5 nitrogen and oxygen atoms in total. The Kier molecular flexibility index (Phi) is 3.56. The van der Waals surface area contributed by atoms with Gasteiger partial charge in [-0.25, -0.2) is 0 Å². The minimum Gasteiger partial charge on any atom is -0.435 e. The number of quaternary nitrogens is 1. The molecule has 2 rings (SSSR count). The zero-order chi connectivity index (χ0) is 15.0. The van der Waals surface area contributed by atoms with Crippen molar-refractivity contribution in [3.05, 3.63) is 35.9 Å². The first-order valence-corrected chi connectivity index (χ1v) is 6.67. The standard InChI is InChI=1S/C15H19NO4/c1-15(2,3)20-14(19)16(13(17)18)10-9-12(16)11-7-5-4-6-8-11/h4-8,12H,9-10H2,1-3H3/p+1/t12-,16-/m0/s1. The molecule has 1 aliphatic rings. The van der Waals surface area contributed by atoms with Gasteiger partial charge in [0.1, 0.15) is 18.2 Å². The van der Waals surface area contributed by atoms with Crippen molar-refractivity contribution >= 4 is 12.2 Å². The first kappa shape index (κ1) is 14.5. The van der Waals surface area contributed by atoms with Crippen LogP contribution in [0.1, 0.15) is 38.8 Å². The van der Waals surface area contributed by atoms with Crippen molar-refractivity contribution in [1.82, 2.24) is 0 Å². The molecule has 108 valence electrons. The van der Waals surface area contributed by atoms with Gasteiger partial charge < -0.3 is 9.84 Å². The molecule has 5 heteroatoms. The van der Waals surface area contributed by atoms with Crippen LogP contribution in [0.25, 0.3) is 0 Å². The molecule has 1 aromatic rings. The monoisotopic (exact) mass is 278 g/mol. The molecule has 2 atom stereocenters. The number of carbonyl (C=O) groups is 2. The number of ether oxygens (including phenoxy) is 1. The number of hydrogen-bond donors (Lipinski definition) is 1. The molecule has 1 saturated heterocycles. The Bertz CT molecular complexity index is 520. The molecule has 2 amide bonds. The van der Waals surface area contributed by atoms with Crippen molar-refractivity contribution in [1.29, 1.82) is 0 Å². The maximum absolute atomic E-state index is 12.4. The summed E-state index contributed by atoms with van der Waals surface area (Å²) in [5, 5.41) is 9.55. The number of rotatable bonds is 1. The average molecular weight is 278 g/mol. The van der Waals surface area contributed by atoms with Gasteiger partial charge in [-0.1, -0.05) is 30.3 Å². The largest absolute Gasteiger partial charge is 0.527 e. The molecule has 1 aromatic carbocycles. The fraction of sp³-hybridized carbons (Fsp3) is 0.467. The number of carboxylic acid groups (broad SMARTS) is 1. The van der Waals surface area contributed by atoms with Crippen molar-refractivity contribution < 1.29 is 23.9 Å². The third kappa shape index (κ3) is 2.41. The lowest BCUT2D eigenvalue weighted by Crippen LogP contribution is -2.66. The van der Waals surface area contributed by atoms with Crippen LogP contribution >= 0.6 is 0 Å². The van der Waals surface area contributed by atoms with E-state index in [1.165, 1.54) is 0 Å². The molecule has 1 aliphatic heterocycles. The number of amides is 2. The normalized spacial score (nSPS) is 25.6. The molecule has 1 fully saturated rings. The Morgan fingerprint density at radius 1 is 1.25 bits per heavy atom. The predicted octanol–water partition coefficient (Wildman–Crippen LogP) is 3.56. The van der Waals surface area contributed by atoms with Crippen LogP contribution in [0.3, 0.4) is 0 Å². The summed E-state index contributed by atoms with van der Waals surface area (Å²) in [7, 11) is 0. The second-order valence-electron chi connectivity index (χ2n) is 6.07. The van der Waals surface area contributed by atoms with Gasteiger partial charge in [0.25, 0.3) is 0 Å². The summed E-state index contributed by atoms with van der Waals surface area (Å²) in [6, 6.07) is 8.89. The molecule has 1 N–H and O–H groups in total. The second kappa shape index (κ2) is 4.90. The van der Waals surface area contributed by atoms with E-state index in [9.17, 15) is 14.7 Å². The first-order chi connectivity index (χ1) is 9.27. The second-order valence-corrected chi connectivity index (χ2v) is 6.07. The van der Waals surface area contributed by atoms with Gasteiger partial charge in [-0.15, -0.1) is 4.48 Å². The lowest BCUT2D eigenvalue weighted by Gasteiger charge is -2.44. The first-order valence-electron chi connectivity index (χ1n) is 6.67. The zero-order valence-corrected chi connectivity index (χ0v) is 12.0. The number of carbonyl (C=O) groups excluding carboxylic acids is 1. The Hall–Kier alpha value is -1.88. The van der Waals surface area contributed by atoms with E-state index in [-0.39, 0.29) is 12.6 Å². The molecular formula is C15H20NO4+. The van der Waals surface area contributed by atoms with E-state index in [1.54, 1.807) is 20.8 Å². The van der Waals surface area contributed by atoms with Gasteiger partial charge in [0.15, 0.2) is 0 Å². The van der Waals surface area contributed by atoms with E-state index in [0.717, 1.165) is 5.56 Å². The topological polar surface area (TPSA) is 63.6 Å². The van der Waals surface area contributed by atoms with E-state index >= 15 is 0 Å². The number of likely N-dealkylation sites (tertiary alicyclic amines) is 1. The molecule has 0 unspecified atom stereocenters. The van der Waals surface area contributed by atoms with Gasteiger partial charge in [0.2, 0.25) is 0 Å². The van der Waals surface area contributed by atoms with E-state index in [4.69, 9.17) is 4.74 Å². The zero-order valence-electron chi connectivity index (χ0n) is 12.0. The van der Waals surface area contributed by atoms with Crippen LogP contribution in [0.2, 0.25) is 0 Å². The minimum atomic E-state index is -1.15. The number of hydrogen-bond acceptors (Lipinski definition) is 3. The van der Waals surface area contributed by atoms with Gasteiger partial charge in [0, 0.05) is 5.56 Å². The molecule has 0 radical (unpaired) electrons. The number of imide groups is 1. The van der Waals surface area contributed by atoms with Crippen LogP contribution in [0, 0.1) is 0 Å². The van der Waals surface area contributed by atoms with Gasteiger partial charge in [-0.05, 0) is 20.8 Å². The highest BCUT2D eigenvalue weighted by Crippen LogP contribution is 2.43. The summed E-state index contributed by atoms with van der Waals surface area (Å²) in [4.78, 5) is 24.0. The van der Waals surface area contributed by atoms with E-state index in [1.807, 2.05) is 30.3 Å². The fourth-order valence-electron chi connectivity index (χ4n) is 2.48. The van der Waals surface area contributed by atoms with Crippen molar-refractivity contribution in [2.45, 2.75) is 38.8 Å². The minimum absolute atomic E-state index is 0.268. The van der Waals surface area contributed by atoms with Crippen molar-refractivity contribution in [3.63, 3.8) is 0 Å². The Morgan fingerprint density at radius 3 is 2.25 bits per heavy atom. The van der Waals surface area contributed by atoms with Gasteiger partial charge in [-0.2, -0.15) is 9.59 Å². The third-order valence-corrected chi connectivity index (χ3v) is 3.53. The summed E-state index contributed by atoms with van der Waals surface area (Å²) < 4.78 is 4.65. The highest BCUT2D eigenvalue weighted by atomic mass is 16.6. The van der Waals surface area contributed by atoms with Gasteiger partial charge in [-0.3, -0.25) is 0 Å². The Balaban J connectivity index is 2.32. The summed E-state index contributed by atoms with van der Waals surface area (Å²) in [6.45, 7) is 5.48. The highest BCUT2D eigenvalue weighted by molar-refractivity contribution is 5.76. The van der Waals surface area contributed by atoms with Crippen LogP contribution in [0.5, 0.6) is 0 Å². The molecular weight excluding hydrogens is 258 g/mol. The average Bonchev–Trinajstić information content (AvgIpc) is 2.26. The molecule has 0 aliphatic carbocycles. The molecule has 0 spiro atoms. The van der Waals surface area contributed by atoms with Crippen LogP contribution < -0.4 is 0 Å². The maximum atomic E-state index is 12.4. The van der Waals surface area contributed by atoms with Gasteiger partial charge >= 0.3 is 12.2 Å². The lowest BCUT2D eigenvalue weighted by molar-refractivity contribution is -0.864. The molecule has 0 bridgehead atoms. The SMILES string of the molecule is CC(C)(C)OC(=O)[N@@+]1(C(=O)O)CC[C@H]1c1ccccc1. The van der Waals surface area contributed by atoms with Crippen molar-refractivity contribution in [2.75, 3.05) is 6.54 Å².